The molecule has 4 unspecified atom stereocenters. The van der Waals surface area contributed by atoms with E-state index in [9.17, 15) is 4.79 Å². The number of fused-ring (bicyclic) bond motifs is 2. The summed E-state index contributed by atoms with van der Waals surface area (Å²) in [4.78, 5) is 11.8. The molecule has 2 saturated carbocycles. The number of amides is 1. The zero-order valence-corrected chi connectivity index (χ0v) is 8.78. The Morgan fingerprint density at radius 3 is 2.80 bits per heavy atom. The van der Waals surface area contributed by atoms with E-state index in [4.69, 9.17) is 11.0 Å². The predicted molar refractivity (Wildman–Crippen MR) is 55.5 cm³/mol. The summed E-state index contributed by atoms with van der Waals surface area (Å²) >= 11 is 0. The van der Waals surface area contributed by atoms with Gasteiger partial charge in [0.2, 0.25) is 5.91 Å². The summed E-state index contributed by atoms with van der Waals surface area (Å²) in [5.74, 6) is 1.11. The Morgan fingerprint density at radius 2 is 2.20 bits per heavy atom. The Bertz CT molecular complexity index is 295. The number of nitriles is 1. The van der Waals surface area contributed by atoms with E-state index in [1.165, 1.54) is 6.42 Å². The number of carbonyl (C=O) groups excluding carboxylic acids is 1. The molecule has 4 atom stereocenters. The molecular weight excluding hydrogens is 190 g/mol. The van der Waals surface area contributed by atoms with Crippen molar-refractivity contribution in [3.8, 4) is 6.07 Å². The number of carbonyl (C=O) groups is 1. The van der Waals surface area contributed by atoms with Crippen molar-refractivity contribution in [3.63, 3.8) is 0 Å². The molecule has 2 bridgehead atoms. The van der Waals surface area contributed by atoms with E-state index >= 15 is 0 Å². The van der Waals surface area contributed by atoms with Gasteiger partial charge in [-0.1, -0.05) is 0 Å². The molecule has 2 aliphatic carbocycles. The van der Waals surface area contributed by atoms with Crippen LogP contribution < -0.4 is 11.1 Å². The van der Waals surface area contributed by atoms with Gasteiger partial charge in [0.1, 0.15) is 0 Å². The number of nitrogens with zero attached hydrogens (tertiary/aromatic N) is 1. The largest absolute Gasteiger partial charge is 0.355 e. The van der Waals surface area contributed by atoms with Crippen LogP contribution in [0.5, 0.6) is 0 Å². The summed E-state index contributed by atoms with van der Waals surface area (Å²) in [5, 5.41) is 11.2. The molecule has 82 valence electrons. The molecule has 0 spiro atoms. The smallest absolute Gasteiger partial charge is 0.225 e. The fourth-order valence-electron chi connectivity index (χ4n) is 3.08. The third-order valence-electron chi connectivity index (χ3n) is 3.82. The highest BCUT2D eigenvalue weighted by Crippen LogP contribution is 2.47. The Kier molecular flexibility index (Phi) is 2.92. The zero-order chi connectivity index (χ0) is 10.8. The first kappa shape index (κ1) is 10.4. The third-order valence-corrected chi connectivity index (χ3v) is 3.82. The molecule has 15 heavy (non-hydrogen) atoms. The second-order valence-corrected chi connectivity index (χ2v) is 4.64. The minimum absolute atomic E-state index is 0.00226. The summed E-state index contributed by atoms with van der Waals surface area (Å²) in [6.07, 6.45) is 3.84. The van der Waals surface area contributed by atoms with Crippen molar-refractivity contribution in [3.05, 3.63) is 0 Å². The third kappa shape index (κ3) is 1.84. The minimum Gasteiger partial charge on any atom is -0.355 e. The predicted octanol–water partition coefficient (Wildman–Crippen LogP) is 0.390. The maximum absolute atomic E-state index is 11.8. The van der Waals surface area contributed by atoms with Crippen molar-refractivity contribution in [2.45, 2.75) is 31.7 Å². The zero-order valence-electron chi connectivity index (χ0n) is 8.78. The molecule has 2 aliphatic rings. The van der Waals surface area contributed by atoms with E-state index < -0.39 is 0 Å². The monoisotopic (exact) mass is 207 g/mol. The number of hydrogen-bond acceptors (Lipinski definition) is 3. The lowest BCUT2D eigenvalue weighted by Crippen LogP contribution is -2.45. The van der Waals surface area contributed by atoms with Crippen LogP contribution in [0.1, 0.15) is 25.7 Å². The summed E-state index contributed by atoms with van der Waals surface area (Å²) in [5.41, 5.74) is 6.04. The van der Waals surface area contributed by atoms with Crippen LogP contribution in [0.4, 0.5) is 0 Å². The molecule has 0 radical (unpaired) electrons. The maximum atomic E-state index is 11.8. The molecule has 0 aliphatic heterocycles. The molecule has 0 saturated heterocycles. The molecule has 2 rings (SSSR count). The van der Waals surface area contributed by atoms with E-state index in [-0.39, 0.29) is 17.9 Å². The highest BCUT2D eigenvalue weighted by molar-refractivity contribution is 5.80. The van der Waals surface area contributed by atoms with Crippen LogP contribution >= 0.6 is 0 Å². The lowest BCUT2D eigenvalue weighted by Gasteiger charge is -2.26. The van der Waals surface area contributed by atoms with Crippen LogP contribution in [0, 0.1) is 29.1 Å². The van der Waals surface area contributed by atoms with Crippen LogP contribution in [0.25, 0.3) is 0 Å². The molecule has 4 nitrogen and oxygen atoms in total. The average Bonchev–Trinajstić information content (AvgIpc) is 2.78. The van der Waals surface area contributed by atoms with Gasteiger partial charge in [0.25, 0.3) is 0 Å². The maximum Gasteiger partial charge on any atom is 0.225 e. The molecular formula is C11H17N3O. The molecule has 0 aromatic carbocycles. The lowest BCUT2D eigenvalue weighted by atomic mass is 9.84. The highest BCUT2D eigenvalue weighted by atomic mass is 16.1. The second kappa shape index (κ2) is 4.19. The van der Waals surface area contributed by atoms with Gasteiger partial charge in [0, 0.05) is 12.6 Å². The van der Waals surface area contributed by atoms with Crippen molar-refractivity contribution < 1.29 is 4.79 Å². The molecule has 1 amide bonds. The van der Waals surface area contributed by atoms with Gasteiger partial charge in [-0.25, -0.2) is 0 Å². The molecule has 2 fully saturated rings. The summed E-state index contributed by atoms with van der Waals surface area (Å²) in [6, 6.07) is 2.06. The SMILES string of the molecule is N#CCCNC(=O)C1C2CCC(C2)C1N. The van der Waals surface area contributed by atoms with E-state index in [2.05, 4.69) is 5.32 Å². The fraction of sp³-hybridized carbons (Fsp3) is 0.818. The van der Waals surface area contributed by atoms with Crippen molar-refractivity contribution >= 4 is 5.91 Å². The number of nitrogens with one attached hydrogen (secondary N) is 1. The van der Waals surface area contributed by atoms with Gasteiger partial charge < -0.3 is 11.1 Å². The topological polar surface area (TPSA) is 78.9 Å². The van der Waals surface area contributed by atoms with E-state index in [0.717, 1.165) is 12.8 Å². The first-order valence-electron chi connectivity index (χ1n) is 5.64. The molecule has 0 heterocycles. The molecule has 0 aromatic rings. The Labute approximate surface area is 89.8 Å². The van der Waals surface area contributed by atoms with Gasteiger partial charge in [-0.3, -0.25) is 4.79 Å². The average molecular weight is 207 g/mol. The van der Waals surface area contributed by atoms with Crippen molar-refractivity contribution in [2.24, 2.45) is 23.5 Å². The van der Waals surface area contributed by atoms with Gasteiger partial charge in [0.15, 0.2) is 0 Å². The van der Waals surface area contributed by atoms with Crippen molar-refractivity contribution in [1.29, 1.82) is 5.26 Å². The van der Waals surface area contributed by atoms with Crippen LogP contribution in [0.3, 0.4) is 0 Å². The molecule has 3 N–H and O–H groups in total. The van der Waals surface area contributed by atoms with Gasteiger partial charge in [0.05, 0.1) is 18.4 Å². The van der Waals surface area contributed by atoms with Gasteiger partial charge >= 0.3 is 0 Å². The van der Waals surface area contributed by atoms with Crippen LogP contribution in [-0.2, 0) is 4.79 Å². The highest BCUT2D eigenvalue weighted by Gasteiger charge is 2.48. The van der Waals surface area contributed by atoms with Crippen LogP contribution in [0.2, 0.25) is 0 Å². The first-order valence-corrected chi connectivity index (χ1v) is 5.64. The Morgan fingerprint density at radius 1 is 1.47 bits per heavy atom. The van der Waals surface area contributed by atoms with Gasteiger partial charge in [-0.15, -0.1) is 0 Å². The quantitative estimate of drug-likeness (QED) is 0.657. The lowest BCUT2D eigenvalue weighted by molar-refractivity contribution is -0.126. The Balaban J connectivity index is 1.88. The summed E-state index contributed by atoms with van der Waals surface area (Å²) in [7, 11) is 0. The molecule has 4 heteroatoms. The summed E-state index contributed by atoms with van der Waals surface area (Å²) in [6.45, 7) is 0.454. The Hall–Kier alpha value is -1.08. The number of hydrogen-bond donors (Lipinski definition) is 2. The van der Waals surface area contributed by atoms with E-state index in [0.29, 0.717) is 24.8 Å². The van der Waals surface area contributed by atoms with Gasteiger partial charge in [-0.05, 0) is 31.1 Å². The second-order valence-electron chi connectivity index (χ2n) is 4.64. The number of rotatable bonds is 3. The molecule has 0 aromatic heterocycles. The van der Waals surface area contributed by atoms with Crippen LogP contribution in [0.15, 0.2) is 0 Å². The van der Waals surface area contributed by atoms with Crippen molar-refractivity contribution in [1.82, 2.24) is 5.32 Å². The first-order chi connectivity index (χ1) is 7.24. The van der Waals surface area contributed by atoms with Gasteiger partial charge in [-0.2, -0.15) is 5.26 Å². The standard InChI is InChI=1S/C11H17N3O/c12-4-1-5-14-11(15)9-7-2-3-8(6-7)10(9)13/h7-10H,1-3,5-6,13H2,(H,14,15). The fourth-order valence-corrected chi connectivity index (χ4v) is 3.08. The van der Waals surface area contributed by atoms with Crippen molar-refractivity contribution in [2.75, 3.05) is 6.54 Å². The van der Waals surface area contributed by atoms with E-state index in [1.807, 2.05) is 6.07 Å². The number of nitrogens with two attached hydrogens (primary N) is 1. The van der Waals surface area contributed by atoms with E-state index in [1.54, 1.807) is 0 Å². The van der Waals surface area contributed by atoms with Crippen LogP contribution in [-0.4, -0.2) is 18.5 Å². The normalized spacial score (nSPS) is 37.6. The minimum atomic E-state index is 0.00226. The summed E-state index contributed by atoms with van der Waals surface area (Å²) < 4.78 is 0.